The molecule has 2 aromatic carbocycles. The molecule has 0 saturated carbocycles. The van der Waals surface area contributed by atoms with E-state index in [0.717, 1.165) is 0 Å². The van der Waals surface area contributed by atoms with Crippen LogP contribution in [0.15, 0.2) is 53.0 Å². The van der Waals surface area contributed by atoms with Gasteiger partial charge in [-0.15, -0.1) is 0 Å². The standard InChI is InChI=1S/C18H14BrNO4/c19-15-9-4-3-8-14(15)18(23)24-11-5-10-20-16(21)12-6-1-2-7-13(12)17(20)22/h1-4,6-9H,5,10-11H2. The molecule has 0 saturated heterocycles. The molecule has 1 aliphatic heterocycles. The summed E-state index contributed by atoms with van der Waals surface area (Å²) in [5.41, 5.74) is 1.29. The molecule has 0 aromatic heterocycles. The highest BCUT2D eigenvalue weighted by Crippen LogP contribution is 2.22. The normalized spacial score (nSPS) is 13.1. The second-order valence-corrected chi connectivity index (χ2v) is 6.13. The minimum atomic E-state index is -0.440. The van der Waals surface area contributed by atoms with E-state index in [1.807, 2.05) is 6.07 Å². The number of hydrogen-bond donors (Lipinski definition) is 0. The van der Waals surface area contributed by atoms with E-state index in [0.29, 0.717) is 27.6 Å². The molecule has 24 heavy (non-hydrogen) atoms. The van der Waals surface area contributed by atoms with Crippen molar-refractivity contribution in [1.29, 1.82) is 0 Å². The summed E-state index contributed by atoms with van der Waals surface area (Å²) in [4.78, 5) is 37.5. The summed E-state index contributed by atoms with van der Waals surface area (Å²) < 4.78 is 5.86. The Hall–Kier alpha value is -2.47. The predicted octanol–water partition coefficient (Wildman–Crippen LogP) is 3.29. The van der Waals surface area contributed by atoms with Crippen molar-refractivity contribution in [1.82, 2.24) is 4.90 Å². The van der Waals surface area contributed by atoms with Crippen LogP contribution in [0.2, 0.25) is 0 Å². The second-order valence-electron chi connectivity index (χ2n) is 5.28. The second kappa shape index (κ2) is 6.97. The fourth-order valence-electron chi connectivity index (χ4n) is 2.53. The number of amides is 2. The lowest BCUT2D eigenvalue weighted by atomic mass is 10.1. The Morgan fingerprint density at radius 2 is 1.54 bits per heavy atom. The third kappa shape index (κ3) is 3.10. The molecule has 0 bridgehead atoms. The van der Waals surface area contributed by atoms with Crippen LogP contribution in [0.1, 0.15) is 37.5 Å². The molecular weight excluding hydrogens is 374 g/mol. The number of carbonyl (C=O) groups excluding carboxylic acids is 3. The quantitative estimate of drug-likeness (QED) is 0.448. The molecule has 3 rings (SSSR count). The minimum Gasteiger partial charge on any atom is -0.462 e. The van der Waals surface area contributed by atoms with Crippen molar-refractivity contribution in [3.8, 4) is 0 Å². The third-order valence-corrected chi connectivity index (χ3v) is 4.42. The summed E-state index contributed by atoms with van der Waals surface area (Å²) in [6, 6.07) is 13.7. The van der Waals surface area contributed by atoms with Gasteiger partial charge in [-0.05, 0) is 46.6 Å². The minimum absolute atomic E-state index is 0.133. The van der Waals surface area contributed by atoms with Gasteiger partial charge in [0.2, 0.25) is 0 Å². The van der Waals surface area contributed by atoms with Crippen molar-refractivity contribution >= 4 is 33.7 Å². The van der Waals surface area contributed by atoms with Gasteiger partial charge in [0.15, 0.2) is 0 Å². The molecule has 0 radical (unpaired) electrons. The van der Waals surface area contributed by atoms with Crippen LogP contribution >= 0.6 is 15.9 Å². The fraction of sp³-hybridized carbons (Fsp3) is 0.167. The van der Waals surface area contributed by atoms with Gasteiger partial charge < -0.3 is 4.74 Å². The molecule has 6 heteroatoms. The van der Waals surface area contributed by atoms with Gasteiger partial charge in [0, 0.05) is 11.0 Å². The zero-order valence-corrected chi connectivity index (χ0v) is 14.3. The van der Waals surface area contributed by atoms with Gasteiger partial charge >= 0.3 is 5.97 Å². The Morgan fingerprint density at radius 3 is 2.17 bits per heavy atom. The van der Waals surface area contributed by atoms with Crippen molar-refractivity contribution in [2.24, 2.45) is 0 Å². The Morgan fingerprint density at radius 1 is 0.958 bits per heavy atom. The molecule has 0 spiro atoms. The number of esters is 1. The van der Waals surface area contributed by atoms with Gasteiger partial charge in [-0.2, -0.15) is 0 Å². The maximum atomic E-state index is 12.2. The molecule has 5 nitrogen and oxygen atoms in total. The van der Waals surface area contributed by atoms with Crippen LogP contribution < -0.4 is 0 Å². The van der Waals surface area contributed by atoms with Gasteiger partial charge in [0.25, 0.3) is 11.8 Å². The number of benzene rings is 2. The third-order valence-electron chi connectivity index (χ3n) is 3.73. The molecular formula is C18H14BrNO4. The largest absolute Gasteiger partial charge is 0.462 e. The van der Waals surface area contributed by atoms with E-state index in [9.17, 15) is 14.4 Å². The Bertz CT molecular complexity index is 783. The summed E-state index contributed by atoms with van der Waals surface area (Å²) in [6.45, 7) is 0.350. The number of imide groups is 1. The topological polar surface area (TPSA) is 63.7 Å². The molecule has 2 aromatic rings. The maximum absolute atomic E-state index is 12.2. The molecule has 0 N–H and O–H groups in total. The van der Waals surface area contributed by atoms with Crippen molar-refractivity contribution < 1.29 is 19.1 Å². The van der Waals surface area contributed by atoms with E-state index in [2.05, 4.69) is 15.9 Å². The average molecular weight is 388 g/mol. The highest BCUT2D eigenvalue weighted by molar-refractivity contribution is 9.10. The van der Waals surface area contributed by atoms with Crippen LogP contribution in [0.4, 0.5) is 0 Å². The predicted molar refractivity (Wildman–Crippen MR) is 90.9 cm³/mol. The smallest absolute Gasteiger partial charge is 0.339 e. The SMILES string of the molecule is O=C(OCCCN1C(=O)c2ccccc2C1=O)c1ccccc1Br. The highest BCUT2D eigenvalue weighted by Gasteiger charge is 2.34. The monoisotopic (exact) mass is 387 g/mol. The lowest BCUT2D eigenvalue weighted by molar-refractivity contribution is 0.0481. The van der Waals surface area contributed by atoms with Crippen LogP contribution in [0.25, 0.3) is 0 Å². The zero-order valence-electron chi connectivity index (χ0n) is 12.7. The van der Waals surface area contributed by atoms with E-state index < -0.39 is 5.97 Å². The number of ether oxygens (including phenoxy) is 1. The van der Waals surface area contributed by atoms with Crippen LogP contribution in [0.3, 0.4) is 0 Å². The van der Waals surface area contributed by atoms with E-state index in [1.165, 1.54) is 4.90 Å². The molecule has 0 unspecified atom stereocenters. The average Bonchev–Trinajstić information content (AvgIpc) is 2.84. The Balaban J connectivity index is 1.53. The molecule has 0 fully saturated rings. The number of halogens is 1. The number of nitrogens with zero attached hydrogens (tertiary/aromatic N) is 1. The highest BCUT2D eigenvalue weighted by atomic mass is 79.9. The van der Waals surface area contributed by atoms with Crippen LogP contribution in [0.5, 0.6) is 0 Å². The van der Waals surface area contributed by atoms with Gasteiger partial charge in [0.1, 0.15) is 0 Å². The van der Waals surface area contributed by atoms with Crippen molar-refractivity contribution in [3.63, 3.8) is 0 Å². The molecule has 122 valence electrons. The molecule has 0 atom stereocenters. The first-order valence-electron chi connectivity index (χ1n) is 7.46. The summed E-state index contributed by atoms with van der Waals surface area (Å²) in [7, 11) is 0. The summed E-state index contributed by atoms with van der Waals surface area (Å²) in [5, 5.41) is 0. The number of fused-ring (bicyclic) bond motifs is 1. The molecule has 0 aliphatic carbocycles. The van der Waals surface area contributed by atoms with Gasteiger partial charge in [-0.25, -0.2) is 4.79 Å². The summed E-state index contributed by atoms with van der Waals surface area (Å²) in [6.07, 6.45) is 0.391. The van der Waals surface area contributed by atoms with Crippen molar-refractivity contribution in [2.75, 3.05) is 13.2 Å². The number of hydrogen-bond acceptors (Lipinski definition) is 4. The van der Waals surface area contributed by atoms with Crippen LogP contribution in [-0.4, -0.2) is 35.8 Å². The maximum Gasteiger partial charge on any atom is 0.339 e. The Labute approximate surface area is 147 Å². The van der Waals surface area contributed by atoms with E-state index in [4.69, 9.17) is 4.74 Å². The van der Waals surface area contributed by atoms with Gasteiger partial charge in [-0.1, -0.05) is 24.3 Å². The molecule has 1 aliphatic rings. The Kier molecular flexibility index (Phi) is 4.76. The van der Waals surface area contributed by atoms with E-state index in [1.54, 1.807) is 42.5 Å². The lowest BCUT2D eigenvalue weighted by Crippen LogP contribution is -2.31. The van der Waals surface area contributed by atoms with Gasteiger partial charge in [-0.3, -0.25) is 14.5 Å². The first kappa shape index (κ1) is 16.4. The zero-order chi connectivity index (χ0) is 17.1. The summed E-state index contributed by atoms with van der Waals surface area (Å²) >= 11 is 3.29. The fourth-order valence-corrected chi connectivity index (χ4v) is 2.98. The van der Waals surface area contributed by atoms with Crippen LogP contribution in [0, 0.1) is 0 Å². The number of rotatable bonds is 5. The first-order chi connectivity index (χ1) is 11.6. The lowest BCUT2D eigenvalue weighted by Gasteiger charge is -2.13. The van der Waals surface area contributed by atoms with E-state index in [-0.39, 0.29) is 25.0 Å². The van der Waals surface area contributed by atoms with Gasteiger partial charge in [0.05, 0.1) is 23.3 Å². The summed E-state index contributed by atoms with van der Waals surface area (Å²) in [5.74, 6) is -1.04. The van der Waals surface area contributed by atoms with E-state index >= 15 is 0 Å². The number of carbonyl (C=O) groups is 3. The van der Waals surface area contributed by atoms with Crippen molar-refractivity contribution in [2.45, 2.75) is 6.42 Å². The molecule has 1 heterocycles. The first-order valence-corrected chi connectivity index (χ1v) is 8.26. The van der Waals surface area contributed by atoms with Crippen LogP contribution in [-0.2, 0) is 4.74 Å². The molecule has 2 amide bonds. The van der Waals surface area contributed by atoms with Crippen molar-refractivity contribution in [3.05, 3.63) is 69.7 Å².